The molecule has 0 saturated carbocycles. The van der Waals surface area contributed by atoms with E-state index in [1.807, 2.05) is 13.1 Å². The molecule has 2 aromatic heterocycles. The molecule has 41 heavy (non-hydrogen) atoms. The molecule has 2 atom stereocenters. The highest BCUT2D eigenvalue weighted by molar-refractivity contribution is 7.92. The molecule has 224 valence electrons. The fraction of sp³-hybridized carbons (Fsp3) is 0.480. The smallest absolute Gasteiger partial charge is 0.256 e. The van der Waals surface area contributed by atoms with Gasteiger partial charge < -0.3 is 15.5 Å². The second-order valence-corrected chi connectivity index (χ2v) is 14.4. The van der Waals surface area contributed by atoms with Crippen LogP contribution in [-0.2, 0) is 20.0 Å². The number of sulfonamides is 2. The first kappa shape index (κ1) is 31.0. The molecule has 0 unspecified atom stereocenters. The number of rotatable bonds is 11. The lowest BCUT2D eigenvalue weighted by Gasteiger charge is -2.29. The molecule has 13 nitrogen and oxygen atoms in total. The van der Waals surface area contributed by atoms with Crippen molar-refractivity contribution in [1.82, 2.24) is 24.2 Å². The van der Waals surface area contributed by atoms with Crippen LogP contribution in [0.1, 0.15) is 47.4 Å². The first-order valence-electron chi connectivity index (χ1n) is 13.0. The Morgan fingerprint density at radius 2 is 1.95 bits per heavy atom. The maximum Gasteiger partial charge on any atom is 0.256 e. The highest BCUT2D eigenvalue weighted by Crippen LogP contribution is 2.29. The molecule has 1 amide bonds. The van der Waals surface area contributed by atoms with Crippen molar-refractivity contribution < 1.29 is 21.6 Å². The lowest BCUT2D eigenvalue weighted by Crippen LogP contribution is -2.37. The summed E-state index contributed by atoms with van der Waals surface area (Å²) in [5.74, 6) is 0.332. The van der Waals surface area contributed by atoms with Gasteiger partial charge in [-0.05, 0) is 44.9 Å². The standard InChI is InChI=1S/C25H35ClN8O5S2/c1-16-14-34-23(29-24(16)32-11-8-19(27)15-32)13-22(30-34)17(2)33(10-5-9-28-40(3,36)37)25(35)20-12-18(26)6-7-21(20)31-41(4,38)39/h6-7,12-14,17,19,28,31H,5,8-11,15,27H2,1-4H3/t17-,19-/m0/s1. The molecule has 1 saturated heterocycles. The molecule has 4 rings (SSSR count). The van der Waals surface area contributed by atoms with Gasteiger partial charge in [-0.1, -0.05) is 11.6 Å². The number of nitrogens with one attached hydrogen (secondary N) is 2. The van der Waals surface area contributed by atoms with Gasteiger partial charge in [-0.25, -0.2) is 31.1 Å². The lowest BCUT2D eigenvalue weighted by molar-refractivity contribution is 0.0686. The topological polar surface area (TPSA) is 172 Å². The Morgan fingerprint density at radius 3 is 2.59 bits per heavy atom. The SMILES string of the molecule is Cc1cn2nc([C@H](C)N(CCCNS(C)(=O)=O)C(=O)c3cc(Cl)ccc3NS(C)(=O)=O)cc2nc1N1CC[C@H](N)C1. The monoisotopic (exact) mass is 626 g/mol. The van der Waals surface area contributed by atoms with Gasteiger partial charge in [0, 0.05) is 55.1 Å². The molecule has 1 aromatic carbocycles. The first-order valence-corrected chi connectivity index (χ1v) is 17.2. The van der Waals surface area contributed by atoms with Crippen molar-refractivity contribution in [2.45, 2.75) is 38.8 Å². The summed E-state index contributed by atoms with van der Waals surface area (Å²) in [4.78, 5) is 22.4. The van der Waals surface area contributed by atoms with Gasteiger partial charge in [-0.3, -0.25) is 9.52 Å². The summed E-state index contributed by atoms with van der Waals surface area (Å²) in [5, 5.41) is 4.94. The number of amides is 1. The number of halogens is 1. The molecule has 0 aliphatic carbocycles. The minimum Gasteiger partial charge on any atom is -0.355 e. The van der Waals surface area contributed by atoms with Crippen LogP contribution in [0.25, 0.3) is 5.65 Å². The van der Waals surface area contributed by atoms with Gasteiger partial charge in [-0.2, -0.15) is 5.10 Å². The van der Waals surface area contributed by atoms with Crippen LogP contribution in [0.2, 0.25) is 5.02 Å². The third-order valence-corrected chi connectivity index (χ3v) is 8.31. The summed E-state index contributed by atoms with van der Waals surface area (Å²) in [6.45, 7) is 5.53. The highest BCUT2D eigenvalue weighted by Gasteiger charge is 2.28. The zero-order valence-electron chi connectivity index (χ0n) is 23.3. The Balaban J connectivity index is 1.69. The van der Waals surface area contributed by atoms with E-state index >= 15 is 0 Å². The number of fused-ring (bicyclic) bond motifs is 1. The quantitative estimate of drug-likeness (QED) is 0.268. The minimum absolute atomic E-state index is 0.0521. The van der Waals surface area contributed by atoms with E-state index in [1.54, 1.807) is 17.5 Å². The maximum atomic E-state index is 14.0. The van der Waals surface area contributed by atoms with Gasteiger partial charge in [0.2, 0.25) is 20.0 Å². The van der Waals surface area contributed by atoms with Crippen LogP contribution in [0, 0.1) is 6.92 Å². The summed E-state index contributed by atoms with van der Waals surface area (Å²) in [6.07, 6.45) is 5.11. The molecule has 1 aliphatic heterocycles. The van der Waals surface area contributed by atoms with Gasteiger partial charge in [-0.15, -0.1) is 0 Å². The Hall–Kier alpha value is -2.98. The fourth-order valence-corrected chi connectivity index (χ4v) is 6.06. The van der Waals surface area contributed by atoms with Crippen molar-refractivity contribution in [3.8, 4) is 0 Å². The molecular weight excluding hydrogens is 592 g/mol. The first-order chi connectivity index (χ1) is 19.1. The van der Waals surface area contributed by atoms with E-state index in [2.05, 4.69) is 19.4 Å². The number of hydrogen-bond acceptors (Lipinski definition) is 9. The third kappa shape index (κ3) is 7.86. The summed E-state index contributed by atoms with van der Waals surface area (Å²) < 4.78 is 53.6. The number of aryl methyl sites for hydroxylation is 1. The highest BCUT2D eigenvalue weighted by atomic mass is 35.5. The molecule has 3 aromatic rings. The molecular formula is C25H35ClN8O5S2. The molecule has 4 N–H and O–H groups in total. The predicted octanol–water partition coefficient (Wildman–Crippen LogP) is 1.74. The van der Waals surface area contributed by atoms with Gasteiger partial charge in [0.1, 0.15) is 5.82 Å². The van der Waals surface area contributed by atoms with Gasteiger partial charge in [0.05, 0.1) is 35.5 Å². The van der Waals surface area contributed by atoms with Crippen LogP contribution >= 0.6 is 11.6 Å². The zero-order chi connectivity index (χ0) is 30.1. The van der Waals surface area contributed by atoms with Gasteiger partial charge >= 0.3 is 0 Å². The van der Waals surface area contributed by atoms with Crippen molar-refractivity contribution in [3.05, 3.63) is 52.3 Å². The number of nitrogens with zero attached hydrogens (tertiary/aromatic N) is 5. The van der Waals surface area contributed by atoms with E-state index in [0.717, 1.165) is 36.9 Å². The van der Waals surface area contributed by atoms with Gasteiger partial charge in [0.25, 0.3) is 5.91 Å². The van der Waals surface area contributed by atoms with E-state index in [-0.39, 0.29) is 35.4 Å². The maximum absolute atomic E-state index is 14.0. The van der Waals surface area contributed by atoms with Crippen molar-refractivity contribution in [3.63, 3.8) is 0 Å². The van der Waals surface area contributed by atoms with E-state index in [9.17, 15) is 21.6 Å². The van der Waals surface area contributed by atoms with E-state index in [1.165, 1.54) is 23.1 Å². The molecule has 0 spiro atoms. The number of aromatic nitrogens is 3. The minimum atomic E-state index is -3.69. The second-order valence-electron chi connectivity index (χ2n) is 10.4. The molecule has 0 radical (unpaired) electrons. The summed E-state index contributed by atoms with van der Waals surface area (Å²) >= 11 is 6.20. The van der Waals surface area contributed by atoms with Crippen LogP contribution in [0.5, 0.6) is 0 Å². The molecule has 0 bridgehead atoms. The Kier molecular flexibility index (Phi) is 9.13. The number of carbonyl (C=O) groups is 1. The number of carbonyl (C=O) groups excluding carboxylic acids is 1. The number of benzene rings is 1. The zero-order valence-corrected chi connectivity index (χ0v) is 25.7. The Bertz CT molecular complexity index is 1660. The Morgan fingerprint density at radius 1 is 1.22 bits per heavy atom. The van der Waals surface area contributed by atoms with Crippen LogP contribution in [0.4, 0.5) is 11.5 Å². The van der Waals surface area contributed by atoms with E-state index in [4.69, 9.17) is 22.3 Å². The lowest BCUT2D eigenvalue weighted by atomic mass is 10.1. The van der Waals surface area contributed by atoms with Crippen molar-refractivity contribution in [1.29, 1.82) is 0 Å². The summed E-state index contributed by atoms with van der Waals surface area (Å²) in [7, 11) is -7.11. The van der Waals surface area contributed by atoms with E-state index < -0.39 is 32.0 Å². The average Bonchev–Trinajstić information content (AvgIpc) is 3.48. The van der Waals surface area contributed by atoms with Crippen LogP contribution in [0.15, 0.2) is 30.5 Å². The normalized spacial score (nSPS) is 16.7. The van der Waals surface area contributed by atoms with Crippen molar-refractivity contribution in [2.24, 2.45) is 5.73 Å². The largest absolute Gasteiger partial charge is 0.355 e. The molecule has 1 aliphatic rings. The van der Waals surface area contributed by atoms with Gasteiger partial charge in [0.15, 0.2) is 5.65 Å². The molecule has 16 heteroatoms. The van der Waals surface area contributed by atoms with Crippen LogP contribution in [0.3, 0.4) is 0 Å². The number of anilines is 2. The fourth-order valence-electron chi connectivity index (χ4n) is 4.80. The summed E-state index contributed by atoms with van der Waals surface area (Å²) in [5.41, 5.74) is 8.31. The Labute approximate surface area is 245 Å². The average molecular weight is 627 g/mol. The predicted molar refractivity (Wildman–Crippen MR) is 159 cm³/mol. The summed E-state index contributed by atoms with van der Waals surface area (Å²) in [6, 6.07) is 5.61. The molecule has 3 heterocycles. The number of nitrogens with two attached hydrogens (primary N) is 1. The number of hydrogen-bond donors (Lipinski definition) is 3. The molecule has 1 fully saturated rings. The van der Waals surface area contributed by atoms with Crippen LogP contribution < -0.4 is 20.1 Å². The van der Waals surface area contributed by atoms with E-state index in [0.29, 0.717) is 24.3 Å². The second kappa shape index (κ2) is 12.1. The van der Waals surface area contributed by atoms with Crippen molar-refractivity contribution >= 4 is 54.7 Å². The third-order valence-electron chi connectivity index (χ3n) is 6.75. The van der Waals surface area contributed by atoms with Crippen LogP contribution in [-0.4, -0.2) is 87.0 Å². The van der Waals surface area contributed by atoms with Crippen molar-refractivity contribution in [2.75, 3.05) is 48.3 Å².